The Morgan fingerprint density at radius 1 is 1.23 bits per heavy atom. The van der Waals surface area contributed by atoms with Crippen LogP contribution >= 0.6 is 0 Å². The van der Waals surface area contributed by atoms with Gasteiger partial charge in [-0.05, 0) is 30.7 Å². The van der Waals surface area contributed by atoms with Crippen LogP contribution in [0.3, 0.4) is 0 Å². The lowest BCUT2D eigenvalue weighted by Crippen LogP contribution is -2.18. The van der Waals surface area contributed by atoms with Crippen LogP contribution in [0.2, 0.25) is 0 Å². The number of non-ortho nitro benzene ring substituents is 1. The van der Waals surface area contributed by atoms with E-state index in [1.54, 1.807) is 18.2 Å². The van der Waals surface area contributed by atoms with Crippen molar-refractivity contribution >= 4 is 17.7 Å². The number of amides is 1. The van der Waals surface area contributed by atoms with Gasteiger partial charge in [0.2, 0.25) is 0 Å². The van der Waals surface area contributed by atoms with Gasteiger partial charge >= 0.3 is 0 Å². The monoisotopic (exact) mass is 298 g/mol. The smallest absolute Gasteiger partial charge is 0.284 e. The van der Waals surface area contributed by atoms with E-state index in [9.17, 15) is 14.9 Å². The van der Waals surface area contributed by atoms with Crippen LogP contribution in [-0.2, 0) is 4.79 Å². The van der Waals surface area contributed by atoms with Gasteiger partial charge in [-0.2, -0.15) is 0 Å². The zero-order valence-electron chi connectivity index (χ0n) is 11.9. The molecule has 0 spiro atoms. The third kappa shape index (κ3) is 3.92. The lowest BCUT2D eigenvalue weighted by atomic mass is 10.2. The van der Waals surface area contributed by atoms with Crippen LogP contribution in [-0.4, -0.2) is 10.8 Å². The van der Waals surface area contributed by atoms with E-state index in [-0.39, 0.29) is 11.4 Å². The molecule has 22 heavy (non-hydrogen) atoms. The van der Waals surface area contributed by atoms with Gasteiger partial charge in [-0.15, -0.1) is 0 Å². The van der Waals surface area contributed by atoms with Gasteiger partial charge in [0.1, 0.15) is 5.75 Å². The highest BCUT2D eigenvalue weighted by Crippen LogP contribution is 2.19. The average Bonchev–Trinajstić information content (AvgIpc) is 2.49. The average molecular weight is 298 g/mol. The van der Waals surface area contributed by atoms with Gasteiger partial charge < -0.3 is 10.5 Å². The number of hydrogen-bond donors (Lipinski definition) is 1. The highest BCUT2D eigenvalue weighted by Gasteiger charge is 2.10. The molecule has 2 aromatic rings. The number of nitrogens with zero attached hydrogens (tertiary/aromatic N) is 1. The van der Waals surface area contributed by atoms with E-state index >= 15 is 0 Å². The normalized spacial score (nSPS) is 11.0. The van der Waals surface area contributed by atoms with Crippen molar-refractivity contribution in [2.24, 2.45) is 5.73 Å². The highest BCUT2D eigenvalue weighted by atomic mass is 16.6. The number of carbonyl (C=O) groups is 1. The van der Waals surface area contributed by atoms with Gasteiger partial charge in [-0.25, -0.2) is 0 Å². The molecule has 0 aliphatic heterocycles. The van der Waals surface area contributed by atoms with E-state index < -0.39 is 10.8 Å². The van der Waals surface area contributed by atoms with Crippen molar-refractivity contribution in [1.82, 2.24) is 0 Å². The number of carbonyl (C=O) groups excluding carboxylic acids is 1. The lowest BCUT2D eigenvalue weighted by molar-refractivity contribution is -0.384. The first-order valence-corrected chi connectivity index (χ1v) is 6.46. The third-order valence-corrected chi connectivity index (χ3v) is 2.87. The maximum Gasteiger partial charge on any atom is 0.284 e. The number of nitrogens with two attached hydrogens (primary N) is 1. The van der Waals surface area contributed by atoms with Crippen molar-refractivity contribution in [2.45, 2.75) is 6.92 Å². The van der Waals surface area contributed by atoms with Crippen LogP contribution < -0.4 is 10.5 Å². The molecule has 0 aliphatic rings. The molecular formula is C16H14N2O4. The first-order valence-electron chi connectivity index (χ1n) is 6.46. The van der Waals surface area contributed by atoms with E-state index in [1.165, 1.54) is 24.3 Å². The maximum absolute atomic E-state index is 11.5. The van der Waals surface area contributed by atoms with Crippen molar-refractivity contribution < 1.29 is 14.5 Å². The fourth-order valence-corrected chi connectivity index (χ4v) is 1.76. The Balaban J connectivity index is 2.31. The lowest BCUT2D eigenvalue weighted by Gasteiger charge is -2.07. The van der Waals surface area contributed by atoms with Crippen LogP contribution in [0.5, 0.6) is 5.75 Å². The van der Waals surface area contributed by atoms with E-state index in [0.717, 1.165) is 5.56 Å². The Bertz CT molecular complexity index is 736. The van der Waals surface area contributed by atoms with E-state index in [0.29, 0.717) is 11.3 Å². The summed E-state index contributed by atoms with van der Waals surface area (Å²) in [7, 11) is 0. The second-order valence-electron chi connectivity index (χ2n) is 4.64. The molecule has 2 rings (SSSR count). The SMILES string of the molecule is Cc1ccc(O/C(=C\c2cccc([N+](=O)[O-])c2)C(N)=O)cc1. The highest BCUT2D eigenvalue weighted by molar-refractivity contribution is 5.95. The summed E-state index contributed by atoms with van der Waals surface area (Å²) in [5.74, 6) is -0.391. The summed E-state index contributed by atoms with van der Waals surface area (Å²) in [6.45, 7) is 1.93. The number of nitro groups is 1. The van der Waals surface area contributed by atoms with Crippen LogP contribution in [0, 0.1) is 17.0 Å². The molecule has 0 unspecified atom stereocenters. The largest absolute Gasteiger partial charge is 0.452 e. The minimum atomic E-state index is -0.757. The molecule has 0 atom stereocenters. The zero-order chi connectivity index (χ0) is 16.1. The first-order chi connectivity index (χ1) is 10.5. The number of nitro benzene ring substituents is 1. The summed E-state index contributed by atoms with van der Waals surface area (Å²) in [6.07, 6.45) is 1.37. The summed E-state index contributed by atoms with van der Waals surface area (Å²) >= 11 is 0. The Labute approximate surface area is 127 Å². The molecule has 0 bridgehead atoms. The number of rotatable bonds is 5. The van der Waals surface area contributed by atoms with Gasteiger partial charge in [-0.3, -0.25) is 14.9 Å². The molecule has 0 saturated carbocycles. The zero-order valence-corrected chi connectivity index (χ0v) is 11.9. The summed E-state index contributed by atoms with van der Waals surface area (Å²) < 4.78 is 5.45. The molecule has 0 heterocycles. The van der Waals surface area contributed by atoms with Crippen LogP contribution in [0.25, 0.3) is 6.08 Å². The minimum Gasteiger partial charge on any atom is -0.452 e. The quantitative estimate of drug-likeness (QED) is 0.397. The van der Waals surface area contributed by atoms with Crippen molar-refractivity contribution in [2.75, 3.05) is 0 Å². The van der Waals surface area contributed by atoms with Gasteiger partial charge in [0.25, 0.3) is 11.6 Å². The van der Waals surface area contributed by atoms with Crippen LogP contribution in [0.4, 0.5) is 5.69 Å². The number of primary amides is 1. The maximum atomic E-state index is 11.5. The minimum absolute atomic E-state index is 0.0760. The van der Waals surface area contributed by atoms with Crippen LogP contribution in [0.15, 0.2) is 54.3 Å². The molecule has 0 fully saturated rings. The summed E-state index contributed by atoms with van der Waals surface area (Å²) in [6, 6.07) is 12.9. The number of hydrogen-bond acceptors (Lipinski definition) is 4. The van der Waals surface area contributed by atoms with Gasteiger partial charge in [-0.1, -0.05) is 29.8 Å². The van der Waals surface area contributed by atoms with Gasteiger partial charge in [0, 0.05) is 12.1 Å². The molecule has 0 radical (unpaired) electrons. The van der Waals surface area contributed by atoms with Gasteiger partial charge in [0.15, 0.2) is 5.76 Å². The Kier molecular flexibility index (Phi) is 4.53. The Morgan fingerprint density at radius 2 is 1.91 bits per heavy atom. The van der Waals surface area contributed by atoms with E-state index in [1.807, 2.05) is 19.1 Å². The Hall–Kier alpha value is -3.15. The topological polar surface area (TPSA) is 95.5 Å². The number of aryl methyl sites for hydroxylation is 1. The van der Waals surface area contributed by atoms with Crippen molar-refractivity contribution in [1.29, 1.82) is 0 Å². The fourth-order valence-electron chi connectivity index (χ4n) is 1.76. The van der Waals surface area contributed by atoms with Crippen molar-refractivity contribution in [3.05, 3.63) is 75.5 Å². The Morgan fingerprint density at radius 3 is 2.50 bits per heavy atom. The second-order valence-corrected chi connectivity index (χ2v) is 4.64. The molecule has 2 N–H and O–H groups in total. The predicted molar refractivity (Wildman–Crippen MR) is 82.1 cm³/mol. The standard InChI is InChI=1S/C16H14N2O4/c1-11-5-7-14(8-6-11)22-15(16(17)19)10-12-3-2-4-13(9-12)18(20)21/h2-10H,1H3,(H2,17,19)/b15-10-. The summed E-state index contributed by atoms with van der Waals surface area (Å²) in [5, 5.41) is 10.8. The number of benzene rings is 2. The molecule has 0 aliphatic carbocycles. The molecule has 0 saturated heterocycles. The predicted octanol–water partition coefficient (Wildman–Crippen LogP) is 2.81. The second kappa shape index (κ2) is 6.53. The molecule has 6 heteroatoms. The number of ether oxygens (including phenoxy) is 1. The molecule has 112 valence electrons. The summed E-state index contributed by atoms with van der Waals surface area (Å²) in [4.78, 5) is 21.7. The first kappa shape index (κ1) is 15.2. The molecule has 6 nitrogen and oxygen atoms in total. The summed E-state index contributed by atoms with van der Waals surface area (Å²) in [5.41, 5.74) is 6.72. The molecule has 2 aromatic carbocycles. The molecule has 1 amide bonds. The van der Waals surface area contributed by atoms with Gasteiger partial charge in [0.05, 0.1) is 4.92 Å². The van der Waals surface area contributed by atoms with Crippen LogP contribution in [0.1, 0.15) is 11.1 Å². The third-order valence-electron chi connectivity index (χ3n) is 2.87. The molecular weight excluding hydrogens is 284 g/mol. The van der Waals surface area contributed by atoms with Crippen molar-refractivity contribution in [3.8, 4) is 5.75 Å². The molecule has 0 aromatic heterocycles. The van der Waals surface area contributed by atoms with Crippen molar-refractivity contribution in [3.63, 3.8) is 0 Å². The van der Waals surface area contributed by atoms with E-state index in [4.69, 9.17) is 10.5 Å². The van der Waals surface area contributed by atoms with E-state index in [2.05, 4.69) is 0 Å². The fraction of sp³-hybridized carbons (Fsp3) is 0.0625.